The van der Waals surface area contributed by atoms with Gasteiger partial charge in [0.25, 0.3) is 0 Å². The number of ketones is 3. The van der Waals surface area contributed by atoms with Crippen molar-refractivity contribution in [2.24, 2.45) is 0 Å². The van der Waals surface area contributed by atoms with Crippen LogP contribution in [0, 0.1) is 0 Å². The number of benzene rings is 2. The van der Waals surface area contributed by atoms with E-state index in [-0.39, 0.29) is 33.6 Å². The second kappa shape index (κ2) is 10.7. The number of methoxy groups -OCH3 is 4. The molecule has 0 amide bonds. The highest BCUT2D eigenvalue weighted by Gasteiger charge is 2.56. The topological polar surface area (TPSA) is 188 Å². The minimum atomic E-state index is -2.23. The molecule has 2 aromatic carbocycles. The average Bonchev–Trinajstić information content (AvgIpc) is 2.94. The van der Waals surface area contributed by atoms with Crippen molar-refractivity contribution in [3.05, 3.63) is 51.6 Å². The molecule has 4 N–H and O–H groups in total. The quantitative estimate of drug-likeness (QED) is 0.320. The van der Waals surface area contributed by atoms with E-state index in [0.29, 0.717) is 0 Å². The van der Waals surface area contributed by atoms with Crippen LogP contribution in [0.25, 0.3) is 0 Å². The molecule has 1 fully saturated rings. The highest BCUT2D eigenvalue weighted by molar-refractivity contribution is 6.31. The van der Waals surface area contributed by atoms with Crippen LogP contribution in [0.1, 0.15) is 67.7 Å². The molecule has 1 heterocycles. The number of aliphatic hydroxyl groups is 2. The molecule has 8 atom stereocenters. The SMILES string of the molecule is COc1cc(O)c2c(c1)C(=O)c1cc3c(c(O)c1C2=O)C(OC1OC(C)C(OC)C(O)C1OC)C(OC)C(C)(O)C3=O. The number of rotatable bonds is 6. The highest BCUT2D eigenvalue weighted by Crippen LogP contribution is 2.49. The third-order valence-corrected chi connectivity index (χ3v) is 8.26. The summed E-state index contributed by atoms with van der Waals surface area (Å²) in [5.74, 6) is -3.74. The Bertz CT molecular complexity index is 1460. The molecule has 0 aromatic heterocycles. The van der Waals surface area contributed by atoms with Crippen LogP contribution in [0.15, 0.2) is 18.2 Å². The first-order valence-electron chi connectivity index (χ1n) is 13.1. The molecular formula is C29H32O13. The predicted octanol–water partition coefficient (Wildman–Crippen LogP) is 1.04. The van der Waals surface area contributed by atoms with Gasteiger partial charge in [-0.1, -0.05) is 0 Å². The largest absolute Gasteiger partial charge is 0.507 e. The Labute approximate surface area is 240 Å². The molecule has 0 bridgehead atoms. The van der Waals surface area contributed by atoms with E-state index in [4.69, 9.17) is 28.4 Å². The van der Waals surface area contributed by atoms with Gasteiger partial charge in [0.15, 0.2) is 23.5 Å². The van der Waals surface area contributed by atoms with Crippen LogP contribution in [0.5, 0.6) is 17.2 Å². The number of aliphatic hydroxyl groups excluding tert-OH is 1. The van der Waals surface area contributed by atoms with E-state index in [1.54, 1.807) is 6.92 Å². The van der Waals surface area contributed by atoms with Gasteiger partial charge in [-0.05, 0) is 26.0 Å². The van der Waals surface area contributed by atoms with Gasteiger partial charge in [0.05, 0.1) is 24.3 Å². The summed E-state index contributed by atoms with van der Waals surface area (Å²) in [5, 5.41) is 44.4. The smallest absolute Gasteiger partial charge is 0.201 e. The van der Waals surface area contributed by atoms with E-state index in [9.17, 15) is 34.8 Å². The minimum Gasteiger partial charge on any atom is -0.507 e. The normalized spacial score (nSPS) is 32.3. The van der Waals surface area contributed by atoms with E-state index in [1.165, 1.54) is 41.4 Å². The zero-order valence-corrected chi connectivity index (χ0v) is 23.7. The van der Waals surface area contributed by atoms with Gasteiger partial charge in [0.2, 0.25) is 5.78 Å². The fraction of sp³-hybridized carbons (Fsp3) is 0.483. The summed E-state index contributed by atoms with van der Waals surface area (Å²) in [6.45, 7) is 2.83. The number of carbonyl (C=O) groups excluding carboxylic acids is 3. The second-order valence-electron chi connectivity index (χ2n) is 10.6. The van der Waals surface area contributed by atoms with Crippen LogP contribution in [-0.2, 0) is 23.7 Å². The molecule has 226 valence electrons. The molecule has 42 heavy (non-hydrogen) atoms. The Hall–Kier alpha value is -3.43. The van der Waals surface area contributed by atoms with Crippen molar-refractivity contribution >= 4 is 17.3 Å². The lowest BCUT2D eigenvalue weighted by Crippen LogP contribution is -2.61. The molecule has 5 rings (SSSR count). The standard InChI is InChI=1S/C29H32O13/c1-10-23(38-4)22(34)25(39-5)28(41-10)42-24-18-14(26(35)29(2,36)27(24)40-6)9-13-17(21(18)33)20(32)16-12(19(13)31)7-11(37-3)8-15(16)30/h7-10,22-25,27-28,30,33-34,36H,1-6H3. The van der Waals surface area contributed by atoms with Crippen molar-refractivity contribution in [1.29, 1.82) is 0 Å². The first kappa shape index (κ1) is 30.0. The number of Topliss-reactive ketones (excluding diaryl/α,β-unsaturated/α-hetero) is 1. The molecule has 1 aliphatic heterocycles. The molecule has 13 heteroatoms. The maximum Gasteiger partial charge on any atom is 0.201 e. The van der Waals surface area contributed by atoms with Crippen molar-refractivity contribution in [3.63, 3.8) is 0 Å². The van der Waals surface area contributed by atoms with Crippen LogP contribution in [-0.4, -0.2) is 109 Å². The Morgan fingerprint density at radius 3 is 2.10 bits per heavy atom. The summed E-state index contributed by atoms with van der Waals surface area (Å²) in [5.41, 5.74) is -4.09. The van der Waals surface area contributed by atoms with Gasteiger partial charge in [-0.15, -0.1) is 0 Å². The third-order valence-electron chi connectivity index (χ3n) is 8.26. The predicted molar refractivity (Wildman–Crippen MR) is 141 cm³/mol. The van der Waals surface area contributed by atoms with Gasteiger partial charge in [-0.25, -0.2) is 0 Å². The summed E-state index contributed by atoms with van der Waals surface area (Å²) in [7, 11) is 5.25. The van der Waals surface area contributed by atoms with Crippen LogP contribution in [0.2, 0.25) is 0 Å². The molecule has 2 aromatic rings. The second-order valence-corrected chi connectivity index (χ2v) is 10.6. The first-order valence-corrected chi connectivity index (χ1v) is 13.1. The van der Waals surface area contributed by atoms with Crippen LogP contribution >= 0.6 is 0 Å². The Balaban J connectivity index is 1.69. The van der Waals surface area contributed by atoms with Crippen LogP contribution in [0.4, 0.5) is 0 Å². The number of fused-ring (bicyclic) bond motifs is 3. The van der Waals surface area contributed by atoms with Gasteiger partial charge < -0.3 is 48.8 Å². The van der Waals surface area contributed by atoms with Gasteiger partial charge >= 0.3 is 0 Å². The Morgan fingerprint density at radius 2 is 1.50 bits per heavy atom. The maximum atomic E-state index is 13.7. The molecule has 0 radical (unpaired) electrons. The van der Waals surface area contributed by atoms with Gasteiger partial charge in [-0.2, -0.15) is 0 Å². The van der Waals surface area contributed by atoms with Crippen molar-refractivity contribution in [3.8, 4) is 17.2 Å². The zero-order valence-electron chi connectivity index (χ0n) is 23.7. The lowest BCUT2D eigenvalue weighted by Gasteiger charge is -2.46. The average molecular weight is 589 g/mol. The zero-order chi connectivity index (χ0) is 30.8. The van der Waals surface area contributed by atoms with Crippen molar-refractivity contribution in [1.82, 2.24) is 0 Å². The van der Waals surface area contributed by atoms with Gasteiger partial charge in [0, 0.05) is 49.6 Å². The van der Waals surface area contributed by atoms with E-state index < -0.39 is 82.9 Å². The summed E-state index contributed by atoms with van der Waals surface area (Å²) in [4.78, 5) is 40.9. The number of ether oxygens (including phenoxy) is 6. The molecule has 3 aliphatic rings. The Kier molecular flexibility index (Phi) is 7.64. The van der Waals surface area contributed by atoms with Gasteiger partial charge in [-0.3, -0.25) is 14.4 Å². The summed E-state index contributed by atoms with van der Waals surface area (Å²) < 4.78 is 33.5. The molecule has 0 saturated carbocycles. The van der Waals surface area contributed by atoms with Crippen LogP contribution in [0.3, 0.4) is 0 Å². The monoisotopic (exact) mass is 588 g/mol. The molecule has 13 nitrogen and oxygen atoms in total. The van der Waals surface area contributed by atoms with Crippen molar-refractivity contribution < 1.29 is 63.2 Å². The minimum absolute atomic E-state index is 0.112. The van der Waals surface area contributed by atoms with Crippen molar-refractivity contribution in [2.75, 3.05) is 28.4 Å². The lowest BCUT2D eigenvalue weighted by atomic mass is 9.72. The molecular weight excluding hydrogens is 556 g/mol. The third kappa shape index (κ3) is 4.23. The van der Waals surface area contributed by atoms with Crippen LogP contribution < -0.4 is 4.74 Å². The molecule has 1 saturated heterocycles. The number of phenolic OH excluding ortho intramolecular Hbond substituents is 2. The summed E-state index contributed by atoms with van der Waals surface area (Å²) in [6, 6.07) is 3.53. The summed E-state index contributed by atoms with van der Waals surface area (Å²) in [6.07, 6.45) is -8.04. The number of hydrogen-bond acceptors (Lipinski definition) is 13. The molecule has 0 spiro atoms. The fourth-order valence-corrected chi connectivity index (χ4v) is 6.14. The van der Waals surface area contributed by atoms with E-state index in [1.807, 2.05) is 0 Å². The molecule has 2 aliphatic carbocycles. The number of aromatic hydroxyl groups is 2. The Morgan fingerprint density at radius 1 is 0.857 bits per heavy atom. The number of hydrogen-bond donors (Lipinski definition) is 4. The number of phenols is 2. The maximum absolute atomic E-state index is 13.7. The van der Waals surface area contributed by atoms with Gasteiger partial charge in [0.1, 0.15) is 47.8 Å². The highest BCUT2D eigenvalue weighted by atomic mass is 16.7. The number of carbonyl (C=O) groups is 3. The van der Waals surface area contributed by atoms with E-state index >= 15 is 0 Å². The van der Waals surface area contributed by atoms with E-state index in [0.717, 1.165) is 12.1 Å². The first-order chi connectivity index (χ1) is 19.8. The fourth-order valence-electron chi connectivity index (χ4n) is 6.14. The lowest BCUT2D eigenvalue weighted by molar-refractivity contribution is -0.323. The summed E-state index contributed by atoms with van der Waals surface area (Å²) >= 11 is 0. The molecule has 8 unspecified atom stereocenters. The van der Waals surface area contributed by atoms with E-state index in [2.05, 4.69) is 0 Å². The van der Waals surface area contributed by atoms with Crippen molar-refractivity contribution in [2.45, 2.75) is 62.4 Å².